The van der Waals surface area contributed by atoms with Gasteiger partial charge in [0.1, 0.15) is 0 Å². The molecule has 0 aliphatic rings. The molecule has 0 aliphatic carbocycles. The van der Waals surface area contributed by atoms with Crippen LogP contribution in [-0.4, -0.2) is 37.3 Å². The van der Waals surface area contributed by atoms with Gasteiger partial charge < -0.3 is 15.2 Å². The van der Waals surface area contributed by atoms with Crippen molar-refractivity contribution in [3.05, 3.63) is 75.3 Å². The average molecular weight is 590 g/mol. The number of halogens is 2. The highest BCUT2D eigenvalue weighted by Gasteiger charge is 2.24. The van der Waals surface area contributed by atoms with Gasteiger partial charge in [-0.1, -0.05) is 79.1 Å². The molecule has 4 aromatic rings. The molecular weight excluding hydrogens is 563 g/mol. The third-order valence-electron chi connectivity index (χ3n) is 5.52. The third-order valence-corrected chi connectivity index (χ3v) is 7.85. The Hall–Kier alpha value is -2.92. The van der Waals surface area contributed by atoms with E-state index in [2.05, 4.69) is 39.7 Å². The Morgan fingerprint density at radius 1 is 1.11 bits per heavy atom. The molecule has 2 heterocycles. The van der Waals surface area contributed by atoms with Crippen molar-refractivity contribution in [2.45, 2.75) is 31.5 Å². The molecule has 1 atom stereocenters. The highest BCUT2D eigenvalue weighted by molar-refractivity contribution is 7.99. The van der Waals surface area contributed by atoms with E-state index in [1.165, 1.54) is 29.2 Å². The Morgan fingerprint density at radius 3 is 2.58 bits per heavy atom. The third kappa shape index (κ3) is 7.13. The summed E-state index contributed by atoms with van der Waals surface area (Å²) in [4.78, 5) is 30.1. The van der Waals surface area contributed by atoms with Crippen molar-refractivity contribution in [3.63, 3.8) is 0 Å². The first-order valence-corrected chi connectivity index (χ1v) is 14.4. The van der Waals surface area contributed by atoms with Crippen LogP contribution in [0.4, 0.5) is 5.13 Å². The van der Waals surface area contributed by atoms with Gasteiger partial charge in [0, 0.05) is 23.0 Å². The van der Waals surface area contributed by atoms with Crippen LogP contribution in [0.3, 0.4) is 0 Å². The van der Waals surface area contributed by atoms with Gasteiger partial charge in [0.05, 0.1) is 28.1 Å². The normalized spacial score (nSPS) is 11.9. The van der Waals surface area contributed by atoms with E-state index >= 15 is 0 Å². The highest BCUT2D eigenvalue weighted by atomic mass is 35.5. The summed E-state index contributed by atoms with van der Waals surface area (Å²) in [6.07, 6.45) is 0.641. The summed E-state index contributed by atoms with van der Waals surface area (Å²) in [5.41, 5.74) is 2.14. The number of carbonyl (C=O) groups excluding carboxylic acids is 2. The quantitative estimate of drug-likeness (QED) is 0.205. The highest BCUT2D eigenvalue weighted by Crippen LogP contribution is 2.27. The predicted octanol–water partition coefficient (Wildman–Crippen LogP) is 6.49. The smallest absolute Gasteiger partial charge is 0.253 e. The van der Waals surface area contributed by atoms with Crippen molar-refractivity contribution in [1.82, 2.24) is 25.1 Å². The van der Waals surface area contributed by atoms with Crippen LogP contribution in [0.2, 0.25) is 10.0 Å². The first-order valence-electron chi connectivity index (χ1n) is 11.8. The van der Waals surface area contributed by atoms with E-state index in [0.717, 1.165) is 11.3 Å². The van der Waals surface area contributed by atoms with Crippen LogP contribution in [0.25, 0.3) is 11.3 Å². The molecule has 38 heavy (non-hydrogen) atoms. The van der Waals surface area contributed by atoms with Crippen LogP contribution in [0.1, 0.15) is 42.5 Å². The molecule has 0 fully saturated rings. The van der Waals surface area contributed by atoms with Crippen LogP contribution >= 0.6 is 46.3 Å². The van der Waals surface area contributed by atoms with E-state index in [9.17, 15) is 9.59 Å². The lowest BCUT2D eigenvalue weighted by atomic mass is 10.0. The fourth-order valence-corrected chi connectivity index (χ4v) is 5.67. The van der Waals surface area contributed by atoms with Crippen LogP contribution in [0, 0.1) is 5.92 Å². The molecule has 0 saturated heterocycles. The van der Waals surface area contributed by atoms with E-state index in [1.54, 1.807) is 16.7 Å². The standard InChI is InChI=1S/C26H26Cl2N6O2S2/c1-15(2)11-20(29-24(36)18-10-9-17(27)12-19(18)28)23-32-33-26(34(23)3)38-14-22(35)31-25-30-21(13-37-25)16-7-5-4-6-8-16/h4-10,12-13,15,20H,11,14H2,1-3H3,(H,29,36)(H,30,31,35)/t20-/m0/s1. The largest absolute Gasteiger partial charge is 0.342 e. The topological polar surface area (TPSA) is 102 Å². The zero-order chi connectivity index (χ0) is 27.2. The van der Waals surface area contributed by atoms with E-state index in [4.69, 9.17) is 23.2 Å². The number of carbonyl (C=O) groups is 2. The maximum Gasteiger partial charge on any atom is 0.253 e. The second kappa shape index (κ2) is 12.8. The molecule has 2 aromatic heterocycles. The monoisotopic (exact) mass is 588 g/mol. The summed E-state index contributed by atoms with van der Waals surface area (Å²) >= 11 is 14.8. The van der Waals surface area contributed by atoms with Gasteiger partial charge in [-0.3, -0.25) is 9.59 Å². The minimum Gasteiger partial charge on any atom is -0.342 e. The van der Waals surface area contributed by atoms with Crippen LogP contribution < -0.4 is 10.6 Å². The summed E-state index contributed by atoms with van der Waals surface area (Å²) in [5.74, 6) is 0.477. The number of hydrogen-bond acceptors (Lipinski definition) is 7. The number of hydrogen-bond donors (Lipinski definition) is 2. The molecule has 0 aliphatic heterocycles. The molecule has 12 heteroatoms. The number of benzene rings is 2. The first-order chi connectivity index (χ1) is 18.2. The molecule has 4 rings (SSSR count). The summed E-state index contributed by atoms with van der Waals surface area (Å²) < 4.78 is 1.80. The number of nitrogens with one attached hydrogen (secondary N) is 2. The van der Waals surface area contributed by atoms with Crippen LogP contribution in [0.15, 0.2) is 59.1 Å². The van der Waals surface area contributed by atoms with Gasteiger partial charge in [-0.2, -0.15) is 0 Å². The fraction of sp³-hybridized carbons (Fsp3) is 0.269. The molecule has 0 bridgehead atoms. The zero-order valence-corrected chi connectivity index (χ0v) is 24.1. The molecule has 2 N–H and O–H groups in total. The molecule has 0 radical (unpaired) electrons. The number of thiazole rings is 1. The SMILES string of the molecule is CC(C)C[C@H](NC(=O)c1ccc(Cl)cc1Cl)c1nnc(SCC(=O)Nc2nc(-c3ccccc3)cs2)n1C. The summed E-state index contributed by atoms with van der Waals surface area (Å²) in [5, 5.41) is 18.2. The summed E-state index contributed by atoms with van der Waals surface area (Å²) in [6.45, 7) is 4.12. The maximum absolute atomic E-state index is 13.0. The van der Waals surface area contributed by atoms with Crippen molar-refractivity contribution in [2.75, 3.05) is 11.1 Å². The number of thioether (sulfide) groups is 1. The maximum atomic E-state index is 13.0. The van der Waals surface area contributed by atoms with Gasteiger partial charge in [0.15, 0.2) is 16.1 Å². The van der Waals surface area contributed by atoms with Gasteiger partial charge in [-0.25, -0.2) is 4.98 Å². The second-order valence-electron chi connectivity index (χ2n) is 8.92. The molecule has 2 amide bonds. The van der Waals surface area contributed by atoms with Crippen molar-refractivity contribution < 1.29 is 9.59 Å². The number of anilines is 1. The Bertz CT molecular complexity index is 1420. The van der Waals surface area contributed by atoms with Gasteiger partial charge in [0.25, 0.3) is 5.91 Å². The molecule has 2 aromatic carbocycles. The number of amides is 2. The molecule has 198 valence electrons. The van der Waals surface area contributed by atoms with Crippen molar-refractivity contribution >= 4 is 63.2 Å². The van der Waals surface area contributed by atoms with Crippen molar-refractivity contribution in [3.8, 4) is 11.3 Å². The Balaban J connectivity index is 1.40. The minimum atomic E-state index is -0.401. The first kappa shape index (κ1) is 28.1. The molecule has 0 unspecified atom stereocenters. The predicted molar refractivity (Wildman–Crippen MR) is 154 cm³/mol. The Labute approximate surface area is 239 Å². The molecule has 0 saturated carbocycles. The van der Waals surface area contributed by atoms with Gasteiger partial charge in [-0.05, 0) is 30.5 Å². The van der Waals surface area contributed by atoms with E-state index in [-0.39, 0.29) is 28.5 Å². The van der Waals surface area contributed by atoms with Crippen molar-refractivity contribution in [1.29, 1.82) is 0 Å². The molecule has 8 nitrogen and oxygen atoms in total. The Kier molecular flexibility index (Phi) is 9.43. The Morgan fingerprint density at radius 2 is 1.87 bits per heavy atom. The minimum absolute atomic E-state index is 0.133. The van der Waals surface area contributed by atoms with Gasteiger partial charge >= 0.3 is 0 Å². The van der Waals surface area contributed by atoms with E-state index in [1.807, 2.05) is 42.8 Å². The zero-order valence-electron chi connectivity index (χ0n) is 20.9. The van der Waals surface area contributed by atoms with E-state index in [0.29, 0.717) is 33.1 Å². The number of rotatable bonds is 10. The van der Waals surface area contributed by atoms with Crippen molar-refractivity contribution in [2.24, 2.45) is 13.0 Å². The lowest BCUT2D eigenvalue weighted by Gasteiger charge is -2.20. The van der Waals surface area contributed by atoms with Crippen LogP contribution in [0.5, 0.6) is 0 Å². The average Bonchev–Trinajstić information content (AvgIpc) is 3.49. The van der Waals surface area contributed by atoms with Crippen LogP contribution in [-0.2, 0) is 11.8 Å². The van der Waals surface area contributed by atoms with E-state index < -0.39 is 6.04 Å². The van der Waals surface area contributed by atoms with Gasteiger partial charge in [0.2, 0.25) is 5.91 Å². The molecular formula is C26H26Cl2N6O2S2. The fourth-order valence-electron chi connectivity index (χ4n) is 3.72. The van der Waals surface area contributed by atoms with Gasteiger partial charge in [-0.15, -0.1) is 21.5 Å². The number of aromatic nitrogens is 4. The lowest BCUT2D eigenvalue weighted by Crippen LogP contribution is -2.31. The summed E-state index contributed by atoms with van der Waals surface area (Å²) in [6, 6.07) is 14.1. The molecule has 0 spiro atoms. The number of nitrogens with zero attached hydrogens (tertiary/aromatic N) is 4. The second-order valence-corrected chi connectivity index (χ2v) is 11.6. The summed E-state index contributed by atoms with van der Waals surface area (Å²) in [7, 11) is 1.82. The lowest BCUT2D eigenvalue weighted by molar-refractivity contribution is -0.113.